The molecule has 2 atom stereocenters. The van der Waals surface area contributed by atoms with Crippen LogP contribution in [0.1, 0.15) is 28.7 Å². The van der Waals surface area contributed by atoms with Crippen LogP contribution in [0.3, 0.4) is 0 Å². The van der Waals surface area contributed by atoms with E-state index in [9.17, 15) is 9.59 Å². The first-order valence-electron chi connectivity index (χ1n) is 3.65. The number of carbonyl (C=O) groups is 2. The Hall–Kier alpha value is 0.984. The van der Waals surface area contributed by atoms with E-state index in [1.807, 2.05) is 0 Å². The predicted octanol–water partition coefficient (Wildman–Crippen LogP) is 3.56. The molecule has 0 bridgehead atoms. The zero-order valence-corrected chi connectivity index (χ0v) is 13.7. The number of rotatable bonds is 3. The third-order valence-corrected chi connectivity index (χ3v) is 1.71. The van der Waals surface area contributed by atoms with Crippen molar-refractivity contribution < 1.29 is 28.9 Å². The van der Waals surface area contributed by atoms with E-state index in [2.05, 4.69) is 44.7 Å². The number of halogens is 2. The van der Waals surface area contributed by atoms with Crippen molar-refractivity contribution in [3.63, 3.8) is 0 Å². The van der Waals surface area contributed by atoms with E-state index in [0.29, 0.717) is 9.47 Å². The van der Waals surface area contributed by atoms with Crippen molar-refractivity contribution in [2.45, 2.75) is 28.7 Å². The van der Waals surface area contributed by atoms with Crippen LogP contribution in [0.4, 0.5) is 0 Å². The summed E-state index contributed by atoms with van der Waals surface area (Å²) < 4.78 is 4.38. The minimum atomic E-state index is -0.983. The van der Waals surface area contributed by atoms with Crippen LogP contribution >= 0.6 is 40.0 Å². The number of methoxy groups -OCH3 is 1. The minimum absolute atomic E-state index is 0. The Bertz CT molecular complexity index is 190. The monoisotopic (exact) mass is 497 g/mol. The molecule has 0 aromatic carbocycles. The Balaban J connectivity index is -0.000000129. The van der Waals surface area contributed by atoms with Crippen LogP contribution in [0, 0.1) is 11.8 Å². The van der Waals surface area contributed by atoms with Crippen molar-refractivity contribution in [2.75, 3.05) is 7.11 Å². The van der Waals surface area contributed by atoms with E-state index in [4.69, 9.17) is 5.11 Å². The van der Waals surface area contributed by atoms with Crippen LogP contribution in [0.2, 0.25) is 0 Å². The molecule has 16 heavy (non-hydrogen) atoms. The fraction of sp³-hybridized carbons (Fsp3) is 0.778. The maximum atomic E-state index is 10.8. The van der Waals surface area contributed by atoms with Crippen LogP contribution in [0.5, 0.6) is 0 Å². The number of carboxylic acid groups (broad SMARTS) is 1. The van der Waals surface area contributed by atoms with E-state index in [1.165, 1.54) is 21.0 Å². The second-order valence-corrected chi connectivity index (χ2v) is 14.3. The molecular weight excluding hydrogens is 477 g/mol. The molecule has 0 saturated heterocycles. The average Bonchev–Trinajstić information content (AvgIpc) is 2.15. The average molecular weight is 497 g/mol. The van der Waals surface area contributed by atoms with Gasteiger partial charge in [0.1, 0.15) is 0 Å². The molecule has 0 saturated carbocycles. The zero-order chi connectivity index (χ0) is 11.7. The molecular formula is C9H20I2O4V. The van der Waals surface area contributed by atoms with Gasteiger partial charge >= 0.3 is 61.4 Å². The first-order valence-corrected chi connectivity index (χ1v) is 12.7. The van der Waals surface area contributed by atoms with Gasteiger partial charge in [-0.1, -0.05) is 28.7 Å². The number of ether oxygens (including phenoxy) is 1. The summed E-state index contributed by atoms with van der Waals surface area (Å²) in [6.45, 7) is 3.01. The second kappa shape index (κ2) is 16.0. The molecule has 0 aliphatic heterocycles. The van der Waals surface area contributed by atoms with Gasteiger partial charge in [0.15, 0.2) is 0 Å². The van der Waals surface area contributed by atoms with Crippen molar-refractivity contribution in [2.24, 2.45) is 11.8 Å². The van der Waals surface area contributed by atoms with Crippen LogP contribution in [-0.2, 0) is 23.8 Å². The summed E-state index contributed by atoms with van der Waals surface area (Å²) >= 11 is 4.74. The molecule has 0 fully saturated rings. The molecule has 0 rings (SSSR count). The Morgan fingerprint density at radius 1 is 1.19 bits per heavy atom. The first-order chi connectivity index (χ1) is 6.42. The van der Waals surface area contributed by atoms with E-state index in [0.717, 1.165) is 0 Å². The van der Waals surface area contributed by atoms with Gasteiger partial charge in [0.05, 0.1) is 18.9 Å². The first kappa shape index (κ1) is 25.7. The fourth-order valence-corrected chi connectivity index (χ4v) is 0.604. The normalized spacial score (nSPS) is 11.3. The third kappa shape index (κ3) is 13.1. The third-order valence-electron chi connectivity index (χ3n) is 1.71. The molecule has 0 spiro atoms. The standard InChI is InChI=1S/C7H12O4.2CH4.2HI.V/c1-4(6(8)9)5(2)7(10)11-3;;;;;/h4-5H,1-3H3,(H,8,9);2*1H4;2*1H;/q;;;;;+2/p-2. The molecule has 0 aromatic rings. The summed E-state index contributed by atoms with van der Waals surface area (Å²) in [5, 5.41) is 8.49. The molecule has 1 N–H and O–H groups in total. The molecule has 0 heterocycles. The van der Waals surface area contributed by atoms with E-state index < -0.39 is 23.8 Å². The Kier molecular flexibility index (Phi) is 25.7. The van der Waals surface area contributed by atoms with Gasteiger partial charge in [-0.3, -0.25) is 9.59 Å². The van der Waals surface area contributed by atoms with Gasteiger partial charge in [-0.05, 0) is 0 Å². The van der Waals surface area contributed by atoms with Crippen molar-refractivity contribution in [3.05, 3.63) is 0 Å². The predicted molar refractivity (Wildman–Crippen MR) is 79.5 cm³/mol. The number of aliphatic carboxylic acids is 1. The van der Waals surface area contributed by atoms with Crippen molar-refractivity contribution in [3.8, 4) is 0 Å². The summed E-state index contributed by atoms with van der Waals surface area (Å²) in [6.07, 6.45) is 0. The van der Waals surface area contributed by atoms with Crippen molar-refractivity contribution in [1.29, 1.82) is 0 Å². The van der Waals surface area contributed by atoms with E-state index in [1.54, 1.807) is 0 Å². The molecule has 0 aliphatic carbocycles. The Morgan fingerprint density at radius 3 is 1.69 bits per heavy atom. The molecule has 0 radical (unpaired) electrons. The number of carbonyl (C=O) groups excluding carboxylic acids is 1. The van der Waals surface area contributed by atoms with Gasteiger partial charge < -0.3 is 9.84 Å². The second-order valence-electron chi connectivity index (χ2n) is 2.50. The van der Waals surface area contributed by atoms with Crippen LogP contribution in [-0.4, -0.2) is 24.2 Å². The van der Waals surface area contributed by atoms with Crippen LogP contribution < -0.4 is 0 Å². The molecule has 7 heteroatoms. The zero-order valence-electron chi connectivity index (χ0n) is 8.03. The summed E-state index contributed by atoms with van der Waals surface area (Å²) in [4.78, 5) is 21.1. The van der Waals surface area contributed by atoms with Gasteiger partial charge in [-0.15, -0.1) is 0 Å². The molecule has 2 unspecified atom stereocenters. The molecule has 0 aromatic heterocycles. The maximum absolute atomic E-state index is 10.8. The van der Waals surface area contributed by atoms with Crippen molar-refractivity contribution >= 4 is 51.9 Å². The van der Waals surface area contributed by atoms with Gasteiger partial charge in [0.2, 0.25) is 0 Å². The Morgan fingerprint density at radius 2 is 1.50 bits per heavy atom. The van der Waals surface area contributed by atoms with E-state index >= 15 is 0 Å². The van der Waals surface area contributed by atoms with Gasteiger partial charge in [0.25, 0.3) is 0 Å². The van der Waals surface area contributed by atoms with Crippen LogP contribution in [0.25, 0.3) is 0 Å². The summed E-state index contributed by atoms with van der Waals surface area (Å²) in [7, 11) is 1.87. The van der Waals surface area contributed by atoms with Crippen molar-refractivity contribution in [1.82, 2.24) is 0 Å². The Labute approximate surface area is 127 Å². The summed E-state index contributed by atoms with van der Waals surface area (Å²) in [6, 6.07) is 0. The molecule has 0 aliphatic rings. The topological polar surface area (TPSA) is 63.6 Å². The summed E-state index contributed by atoms with van der Waals surface area (Å²) in [5.41, 5.74) is 0. The van der Waals surface area contributed by atoms with Gasteiger partial charge in [0, 0.05) is 0 Å². The van der Waals surface area contributed by atoms with Gasteiger partial charge in [-0.2, -0.15) is 0 Å². The number of hydrogen-bond acceptors (Lipinski definition) is 3. The number of hydrogen-bond donors (Lipinski definition) is 1. The fourth-order valence-electron chi connectivity index (χ4n) is 0.604. The molecule has 99 valence electrons. The van der Waals surface area contributed by atoms with Crippen LogP contribution in [0.15, 0.2) is 0 Å². The summed E-state index contributed by atoms with van der Waals surface area (Å²) in [5.74, 6) is -2.75. The van der Waals surface area contributed by atoms with Gasteiger partial charge in [-0.25, -0.2) is 0 Å². The molecule has 0 amide bonds. The SMILES string of the molecule is C.C.COC(=O)C(C)C(C)C(=O)O.[I][V][I]. The molecule has 4 nitrogen and oxygen atoms in total. The quantitative estimate of drug-likeness (QED) is 0.479. The number of esters is 1. The van der Waals surface area contributed by atoms with E-state index in [-0.39, 0.29) is 14.9 Å². The number of carboxylic acids is 1.